The molecule has 0 spiro atoms. The maximum absolute atomic E-state index is 5.70. The smallest absolute Gasteiger partial charge is 0.0826 e. The van der Waals surface area contributed by atoms with E-state index in [0.29, 0.717) is 18.1 Å². The Balaban J connectivity index is 1.60. The van der Waals surface area contributed by atoms with Crippen LogP contribution < -0.4 is 5.32 Å². The summed E-state index contributed by atoms with van der Waals surface area (Å²) in [4.78, 5) is 2.33. The maximum atomic E-state index is 5.70. The molecule has 2 aliphatic heterocycles. The van der Waals surface area contributed by atoms with Crippen molar-refractivity contribution in [1.29, 1.82) is 0 Å². The van der Waals surface area contributed by atoms with E-state index in [9.17, 15) is 0 Å². The number of likely N-dealkylation sites (N-methyl/N-ethyl adjacent to an activating group) is 1. The number of ether oxygens (including phenoxy) is 2. The molecule has 0 aromatic heterocycles. The Labute approximate surface area is 98.3 Å². The van der Waals surface area contributed by atoms with E-state index in [1.54, 1.807) is 0 Å². The normalized spacial score (nSPS) is 36.8. The van der Waals surface area contributed by atoms with E-state index in [2.05, 4.69) is 24.2 Å². The molecule has 0 aromatic rings. The Morgan fingerprint density at radius 2 is 2.12 bits per heavy atom. The quantitative estimate of drug-likeness (QED) is 0.752. The van der Waals surface area contributed by atoms with E-state index < -0.39 is 0 Å². The van der Waals surface area contributed by atoms with Gasteiger partial charge in [0.05, 0.1) is 18.8 Å². The minimum atomic E-state index is 0.358. The average Bonchev–Trinajstić information content (AvgIpc) is 2.65. The molecule has 2 saturated heterocycles. The first-order valence-corrected chi connectivity index (χ1v) is 6.38. The molecule has 0 saturated carbocycles. The van der Waals surface area contributed by atoms with Crippen LogP contribution in [0.4, 0.5) is 0 Å². The molecular formula is C12H24N2O2. The molecule has 1 N–H and O–H groups in total. The summed E-state index contributed by atoms with van der Waals surface area (Å²) in [6.45, 7) is 8.10. The Morgan fingerprint density at radius 3 is 2.81 bits per heavy atom. The number of morpholine rings is 1. The topological polar surface area (TPSA) is 33.7 Å². The lowest BCUT2D eigenvalue weighted by Crippen LogP contribution is -2.45. The number of nitrogens with zero attached hydrogens (tertiary/aromatic N) is 1. The van der Waals surface area contributed by atoms with Gasteiger partial charge < -0.3 is 19.7 Å². The molecule has 16 heavy (non-hydrogen) atoms. The van der Waals surface area contributed by atoms with E-state index in [4.69, 9.17) is 9.47 Å². The Morgan fingerprint density at radius 1 is 1.25 bits per heavy atom. The van der Waals surface area contributed by atoms with Crippen LogP contribution >= 0.6 is 0 Å². The molecule has 0 radical (unpaired) electrons. The summed E-state index contributed by atoms with van der Waals surface area (Å²) in [5, 5.41) is 3.52. The number of hydrogen-bond acceptors (Lipinski definition) is 4. The highest BCUT2D eigenvalue weighted by molar-refractivity contribution is 4.77. The largest absolute Gasteiger partial charge is 0.378 e. The lowest BCUT2D eigenvalue weighted by Gasteiger charge is -2.30. The van der Waals surface area contributed by atoms with Gasteiger partial charge in [-0.15, -0.1) is 0 Å². The highest BCUT2D eigenvalue weighted by atomic mass is 16.5. The molecule has 94 valence electrons. The molecule has 2 rings (SSSR count). The molecule has 0 amide bonds. The van der Waals surface area contributed by atoms with Gasteiger partial charge in [-0.25, -0.2) is 0 Å². The van der Waals surface area contributed by atoms with Gasteiger partial charge in [0.1, 0.15) is 0 Å². The second-order valence-electron chi connectivity index (χ2n) is 5.04. The maximum Gasteiger partial charge on any atom is 0.0826 e. The zero-order valence-corrected chi connectivity index (χ0v) is 10.4. The highest BCUT2D eigenvalue weighted by Gasteiger charge is 2.24. The standard InChI is InChI=1S/C12H24N2O2/c1-10-11(3-5-15-10)7-13-8-12-9-14(2)4-6-16-12/h10-13H,3-9H2,1-2H3. The van der Waals surface area contributed by atoms with E-state index in [-0.39, 0.29) is 0 Å². The minimum Gasteiger partial charge on any atom is -0.378 e. The Bertz CT molecular complexity index is 213. The Kier molecular flexibility index (Phi) is 4.58. The van der Waals surface area contributed by atoms with Crippen LogP contribution in [0, 0.1) is 5.92 Å². The summed E-state index contributed by atoms with van der Waals surface area (Å²) in [7, 11) is 2.16. The SMILES string of the molecule is CC1OCCC1CNCC1CN(C)CCO1. The van der Waals surface area contributed by atoms with Gasteiger partial charge in [0.2, 0.25) is 0 Å². The molecule has 0 aliphatic carbocycles. The summed E-state index contributed by atoms with van der Waals surface area (Å²) in [5.74, 6) is 0.682. The van der Waals surface area contributed by atoms with Crippen molar-refractivity contribution in [3.05, 3.63) is 0 Å². The molecular weight excluding hydrogens is 204 g/mol. The molecule has 3 atom stereocenters. The Hall–Kier alpha value is -0.160. The molecule has 2 aliphatic rings. The van der Waals surface area contributed by atoms with Gasteiger partial charge in [-0.3, -0.25) is 0 Å². The van der Waals surface area contributed by atoms with Crippen LogP contribution in [0.2, 0.25) is 0 Å². The zero-order chi connectivity index (χ0) is 11.4. The zero-order valence-electron chi connectivity index (χ0n) is 10.4. The van der Waals surface area contributed by atoms with Crippen molar-refractivity contribution in [2.24, 2.45) is 5.92 Å². The van der Waals surface area contributed by atoms with E-state index in [1.165, 1.54) is 6.42 Å². The third-order valence-electron chi connectivity index (χ3n) is 3.65. The van der Waals surface area contributed by atoms with Crippen LogP contribution in [-0.2, 0) is 9.47 Å². The van der Waals surface area contributed by atoms with Crippen molar-refractivity contribution in [3.8, 4) is 0 Å². The first kappa shape index (κ1) is 12.3. The third-order valence-corrected chi connectivity index (χ3v) is 3.65. The summed E-state index contributed by atoms with van der Waals surface area (Å²) < 4.78 is 11.3. The van der Waals surface area contributed by atoms with Crippen LogP contribution in [0.25, 0.3) is 0 Å². The van der Waals surface area contributed by atoms with Gasteiger partial charge in [-0.05, 0) is 26.3 Å². The van der Waals surface area contributed by atoms with Gasteiger partial charge in [0.15, 0.2) is 0 Å². The number of rotatable bonds is 4. The molecule has 0 bridgehead atoms. The summed E-state index contributed by atoms with van der Waals surface area (Å²) in [6, 6.07) is 0. The van der Waals surface area contributed by atoms with Crippen molar-refractivity contribution in [2.45, 2.75) is 25.6 Å². The lowest BCUT2D eigenvalue weighted by atomic mass is 10.0. The van der Waals surface area contributed by atoms with Crippen molar-refractivity contribution in [3.63, 3.8) is 0 Å². The van der Waals surface area contributed by atoms with E-state index >= 15 is 0 Å². The molecule has 0 aromatic carbocycles. The van der Waals surface area contributed by atoms with Crippen LogP contribution in [0.15, 0.2) is 0 Å². The van der Waals surface area contributed by atoms with Crippen LogP contribution in [-0.4, -0.2) is 63.5 Å². The average molecular weight is 228 g/mol. The summed E-state index contributed by atoms with van der Waals surface area (Å²) in [6.07, 6.45) is 1.97. The van der Waals surface area contributed by atoms with E-state index in [0.717, 1.165) is 39.4 Å². The minimum absolute atomic E-state index is 0.358. The first-order valence-electron chi connectivity index (χ1n) is 6.38. The summed E-state index contributed by atoms with van der Waals surface area (Å²) in [5.41, 5.74) is 0. The lowest BCUT2D eigenvalue weighted by molar-refractivity contribution is -0.0187. The highest BCUT2D eigenvalue weighted by Crippen LogP contribution is 2.19. The summed E-state index contributed by atoms with van der Waals surface area (Å²) >= 11 is 0. The fourth-order valence-corrected chi connectivity index (χ4v) is 2.46. The second-order valence-corrected chi connectivity index (χ2v) is 5.04. The van der Waals surface area contributed by atoms with Gasteiger partial charge in [-0.2, -0.15) is 0 Å². The first-order chi connectivity index (χ1) is 7.75. The van der Waals surface area contributed by atoms with Crippen molar-refractivity contribution < 1.29 is 9.47 Å². The van der Waals surface area contributed by atoms with Gasteiger partial charge in [0, 0.05) is 32.8 Å². The van der Waals surface area contributed by atoms with Gasteiger partial charge >= 0.3 is 0 Å². The third kappa shape index (κ3) is 3.42. The van der Waals surface area contributed by atoms with Crippen LogP contribution in [0.3, 0.4) is 0 Å². The van der Waals surface area contributed by atoms with Gasteiger partial charge in [0.25, 0.3) is 0 Å². The predicted octanol–water partition coefficient (Wildman–Crippen LogP) is 0.332. The molecule has 4 heteroatoms. The van der Waals surface area contributed by atoms with Gasteiger partial charge in [-0.1, -0.05) is 0 Å². The van der Waals surface area contributed by atoms with Crippen LogP contribution in [0.1, 0.15) is 13.3 Å². The van der Waals surface area contributed by atoms with Crippen molar-refractivity contribution >= 4 is 0 Å². The second kappa shape index (κ2) is 5.96. The van der Waals surface area contributed by atoms with Crippen molar-refractivity contribution in [2.75, 3.05) is 46.4 Å². The molecule has 2 heterocycles. The number of nitrogens with one attached hydrogen (secondary N) is 1. The van der Waals surface area contributed by atoms with Crippen LogP contribution in [0.5, 0.6) is 0 Å². The fourth-order valence-electron chi connectivity index (χ4n) is 2.46. The fraction of sp³-hybridized carbons (Fsp3) is 1.00. The predicted molar refractivity (Wildman–Crippen MR) is 63.6 cm³/mol. The molecule has 4 nitrogen and oxygen atoms in total. The molecule has 3 unspecified atom stereocenters. The monoisotopic (exact) mass is 228 g/mol. The number of hydrogen-bond donors (Lipinski definition) is 1. The van der Waals surface area contributed by atoms with E-state index in [1.807, 2.05) is 0 Å². The molecule has 2 fully saturated rings. The van der Waals surface area contributed by atoms with Crippen molar-refractivity contribution in [1.82, 2.24) is 10.2 Å².